The molecule has 0 aliphatic carbocycles. The van der Waals surface area contributed by atoms with Crippen LogP contribution in [-0.2, 0) is 10.0 Å². The van der Waals surface area contributed by atoms with E-state index in [2.05, 4.69) is 9.93 Å². The number of sulfonamides is 1. The van der Waals surface area contributed by atoms with Crippen LogP contribution in [0.25, 0.3) is 0 Å². The maximum absolute atomic E-state index is 12.4. The van der Waals surface area contributed by atoms with Crippen LogP contribution < -0.4 is 9.57 Å². The lowest BCUT2D eigenvalue weighted by Crippen LogP contribution is -2.21. The highest BCUT2D eigenvalue weighted by atomic mass is 32.2. The second-order valence-electron chi connectivity index (χ2n) is 5.26. The molecule has 0 radical (unpaired) electrons. The Hall–Kier alpha value is -2.34. The first-order valence-electron chi connectivity index (χ1n) is 7.12. The van der Waals surface area contributed by atoms with Crippen LogP contribution in [0.3, 0.4) is 0 Å². The second kappa shape index (κ2) is 6.83. The van der Waals surface area contributed by atoms with Gasteiger partial charge in [0, 0.05) is 5.56 Å². The molecule has 0 saturated carbocycles. The van der Waals surface area contributed by atoms with Gasteiger partial charge in [-0.05, 0) is 50.1 Å². The molecule has 0 aromatic heterocycles. The van der Waals surface area contributed by atoms with Gasteiger partial charge in [-0.2, -0.15) is 18.4 Å². The van der Waals surface area contributed by atoms with Gasteiger partial charge < -0.3 is 4.74 Å². The molecule has 0 heterocycles. The van der Waals surface area contributed by atoms with Crippen molar-refractivity contribution in [3.05, 3.63) is 59.2 Å². The lowest BCUT2D eigenvalue weighted by molar-refractivity contribution is 0.414. The molecule has 0 atom stereocenters. The van der Waals surface area contributed by atoms with Crippen molar-refractivity contribution >= 4 is 15.7 Å². The first-order chi connectivity index (χ1) is 10.8. The molecule has 6 heteroatoms. The molecule has 2 aromatic rings. The summed E-state index contributed by atoms with van der Waals surface area (Å²) in [5.41, 5.74) is 2.81. The Labute approximate surface area is 137 Å². The molecule has 2 rings (SSSR count). The number of aryl methyl sites for hydroxylation is 2. The molecule has 0 bridgehead atoms. The van der Waals surface area contributed by atoms with Crippen molar-refractivity contribution in [2.45, 2.75) is 25.7 Å². The highest BCUT2D eigenvalue weighted by Gasteiger charge is 2.16. The minimum Gasteiger partial charge on any atom is -0.496 e. The third kappa shape index (κ3) is 3.90. The summed E-state index contributed by atoms with van der Waals surface area (Å²) in [5, 5.41) is 4.02. The van der Waals surface area contributed by atoms with Gasteiger partial charge in [0.1, 0.15) is 5.75 Å². The van der Waals surface area contributed by atoms with E-state index in [1.54, 1.807) is 39.2 Å². The minimum atomic E-state index is -3.71. The van der Waals surface area contributed by atoms with Crippen LogP contribution in [0, 0.1) is 13.8 Å². The molecule has 0 spiro atoms. The fourth-order valence-electron chi connectivity index (χ4n) is 2.18. The summed E-state index contributed by atoms with van der Waals surface area (Å²) in [7, 11) is -2.15. The van der Waals surface area contributed by atoms with Gasteiger partial charge in [0.25, 0.3) is 10.0 Å². The molecular formula is C17H20N2O3S. The van der Waals surface area contributed by atoms with Crippen LogP contribution in [-0.4, -0.2) is 21.2 Å². The van der Waals surface area contributed by atoms with Crippen LogP contribution in [0.2, 0.25) is 0 Å². The summed E-state index contributed by atoms with van der Waals surface area (Å²) in [6, 6.07) is 12.6. The lowest BCUT2D eigenvalue weighted by Gasteiger charge is -2.10. The van der Waals surface area contributed by atoms with Gasteiger partial charge in [0.2, 0.25) is 0 Å². The number of para-hydroxylation sites is 1. The molecule has 5 nitrogen and oxygen atoms in total. The van der Waals surface area contributed by atoms with Crippen LogP contribution >= 0.6 is 0 Å². The highest BCUT2D eigenvalue weighted by Crippen LogP contribution is 2.19. The van der Waals surface area contributed by atoms with Gasteiger partial charge >= 0.3 is 0 Å². The molecule has 0 saturated heterocycles. The zero-order valence-electron chi connectivity index (χ0n) is 13.6. The fourth-order valence-corrected chi connectivity index (χ4v) is 3.37. The standard InChI is InChI=1S/C17H20N2O3S/c1-12-9-10-13(2)17(11-12)23(20,21)19-18-14(3)15-7-5-6-8-16(15)22-4/h5-11,19H,1-4H3/b18-14+. The lowest BCUT2D eigenvalue weighted by atomic mass is 10.1. The zero-order chi connectivity index (χ0) is 17.0. The number of nitrogens with one attached hydrogen (secondary N) is 1. The quantitative estimate of drug-likeness (QED) is 0.676. The van der Waals surface area contributed by atoms with E-state index in [1.165, 1.54) is 0 Å². The van der Waals surface area contributed by atoms with E-state index in [0.29, 0.717) is 17.0 Å². The van der Waals surface area contributed by atoms with Crippen molar-refractivity contribution in [1.82, 2.24) is 4.83 Å². The third-order valence-electron chi connectivity index (χ3n) is 3.46. The van der Waals surface area contributed by atoms with E-state index in [9.17, 15) is 8.42 Å². The average molecular weight is 332 g/mol. The normalized spacial score (nSPS) is 12.1. The molecule has 0 aliphatic rings. The van der Waals surface area contributed by atoms with Crippen molar-refractivity contribution in [2.24, 2.45) is 5.10 Å². The third-order valence-corrected chi connectivity index (χ3v) is 4.81. The molecule has 23 heavy (non-hydrogen) atoms. The van der Waals surface area contributed by atoms with E-state index in [1.807, 2.05) is 31.2 Å². The maximum atomic E-state index is 12.4. The van der Waals surface area contributed by atoms with Gasteiger partial charge in [0.05, 0.1) is 17.7 Å². The van der Waals surface area contributed by atoms with Gasteiger partial charge in [-0.3, -0.25) is 0 Å². The van der Waals surface area contributed by atoms with Crippen molar-refractivity contribution in [2.75, 3.05) is 7.11 Å². The predicted octanol–water partition coefficient (Wildman–Crippen LogP) is 3.01. The largest absolute Gasteiger partial charge is 0.496 e. The van der Waals surface area contributed by atoms with Crippen molar-refractivity contribution in [3.63, 3.8) is 0 Å². The number of nitrogens with zero attached hydrogens (tertiary/aromatic N) is 1. The number of ether oxygens (including phenoxy) is 1. The molecule has 0 amide bonds. The SMILES string of the molecule is COc1ccccc1/C(C)=N/NS(=O)(=O)c1cc(C)ccc1C. The maximum Gasteiger partial charge on any atom is 0.276 e. The molecule has 0 aliphatic heterocycles. The van der Waals surface area contributed by atoms with Gasteiger partial charge in [0.15, 0.2) is 0 Å². The highest BCUT2D eigenvalue weighted by molar-refractivity contribution is 7.89. The monoisotopic (exact) mass is 332 g/mol. The van der Waals surface area contributed by atoms with E-state index < -0.39 is 10.0 Å². The van der Waals surface area contributed by atoms with E-state index >= 15 is 0 Å². The van der Waals surface area contributed by atoms with Crippen LogP contribution in [0.4, 0.5) is 0 Å². The number of hydrogen-bond donors (Lipinski definition) is 1. The van der Waals surface area contributed by atoms with Crippen molar-refractivity contribution in [3.8, 4) is 5.75 Å². The van der Waals surface area contributed by atoms with Crippen molar-refractivity contribution in [1.29, 1.82) is 0 Å². The Morgan fingerprint density at radius 1 is 1.13 bits per heavy atom. The summed E-state index contributed by atoms with van der Waals surface area (Å²) in [6.45, 7) is 5.33. The van der Waals surface area contributed by atoms with Crippen LogP contribution in [0.15, 0.2) is 52.5 Å². The van der Waals surface area contributed by atoms with E-state index in [-0.39, 0.29) is 4.90 Å². The number of rotatable bonds is 5. The molecule has 2 aromatic carbocycles. The molecule has 1 N–H and O–H groups in total. The molecule has 122 valence electrons. The second-order valence-corrected chi connectivity index (χ2v) is 6.89. The van der Waals surface area contributed by atoms with Crippen molar-refractivity contribution < 1.29 is 13.2 Å². The number of hydrogen-bond acceptors (Lipinski definition) is 4. The first kappa shape index (κ1) is 17.0. The summed E-state index contributed by atoms with van der Waals surface area (Å²) in [6.07, 6.45) is 0. The topological polar surface area (TPSA) is 67.8 Å². The number of hydrazone groups is 1. The Bertz CT molecular complexity index is 843. The van der Waals surface area contributed by atoms with Gasteiger partial charge in [-0.1, -0.05) is 24.3 Å². The van der Waals surface area contributed by atoms with E-state index in [4.69, 9.17) is 4.74 Å². The van der Waals surface area contributed by atoms with Crippen LogP contribution in [0.5, 0.6) is 5.75 Å². The summed E-state index contributed by atoms with van der Waals surface area (Å²) in [5.74, 6) is 0.639. The number of benzene rings is 2. The van der Waals surface area contributed by atoms with Gasteiger partial charge in [-0.25, -0.2) is 0 Å². The summed E-state index contributed by atoms with van der Waals surface area (Å²) in [4.78, 5) is 2.53. The number of methoxy groups -OCH3 is 1. The predicted molar refractivity (Wildman–Crippen MR) is 91.4 cm³/mol. The first-order valence-corrected chi connectivity index (χ1v) is 8.60. The summed E-state index contributed by atoms with van der Waals surface area (Å²) >= 11 is 0. The van der Waals surface area contributed by atoms with E-state index in [0.717, 1.165) is 11.1 Å². The average Bonchev–Trinajstić information content (AvgIpc) is 2.54. The zero-order valence-corrected chi connectivity index (χ0v) is 14.4. The summed E-state index contributed by atoms with van der Waals surface area (Å²) < 4.78 is 30.2. The smallest absolute Gasteiger partial charge is 0.276 e. The van der Waals surface area contributed by atoms with Crippen LogP contribution in [0.1, 0.15) is 23.6 Å². The Kier molecular flexibility index (Phi) is 5.05. The fraction of sp³-hybridized carbons (Fsp3) is 0.235. The molecule has 0 unspecified atom stereocenters. The Morgan fingerprint density at radius 3 is 2.52 bits per heavy atom. The Balaban J connectivity index is 2.32. The Morgan fingerprint density at radius 2 is 1.83 bits per heavy atom. The molecule has 0 fully saturated rings. The minimum absolute atomic E-state index is 0.231. The van der Waals surface area contributed by atoms with Gasteiger partial charge in [-0.15, -0.1) is 0 Å². The molecular weight excluding hydrogens is 312 g/mol.